The SMILES string of the molecule is CC1=NN=C(c2csc(Cc3cc(C)c([N+](=O)[O-])cc3C)n2)CC1. The van der Waals surface area contributed by atoms with Gasteiger partial charge in [-0.1, -0.05) is 0 Å². The average molecular weight is 342 g/mol. The number of hydrogen-bond donors (Lipinski definition) is 0. The molecule has 1 aromatic heterocycles. The van der Waals surface area contributed by atoms with E-state index in [1.54, 1.807) is 24.3 Å². The van der Waals surface area contributed by atoms with Crippen molar-refractivity contribution in [3.05, 3.63) is 55.0 Å². The van der Waals surface area contributed by atoms with Gasteiger partial charge in [0.25, 0.3) is 5.69 Å². The van der Waals surface area contributed by atoms with E-state index < -0.39 is 0 Å². The number of aryl methyl sites for hydroxylation is 2. The topological polar surface area (TPSA) is 80.8 Å². The van der Waals surface area contributed by atoms with E-state index in [0.29, 0.717) is 12.0 Å². The fourth-order valence-corrected chi connectivity index (χ4v) is 3.49. The van der Waals surface area contributed by atoms with Crippen LogP contribution in [0.5, 0.6) is 0 Å². The Labute approximate surface area is 144 Å². The van der Waals surface area contributed by atoms with Gasteiger partial charge in [0.05, 0.1) is 21.3 Å². The molecule has 0 radical (unpaired) electrons. The third-order valence-corrected chi connectivity index (χ3v) is 4.95. The molecule has 7 heteroatoms. The average Bonchev–Trinajstić information content (AvgIpc) is 2.99. The van der Waals surface area contributed by atoms with E-state index in [1.807, 2.05) is 25.3 Å². The summed E-state index contributed by atoms with van der Waals surface area (Å²) in [5, 5.41) is 22.4. The summed E-state index contributed by atoms with van der Waals surface area (Å²) < 4.78 is 0. The molecule has 1 aliphatic heterocycles. The summed E-state index contributed by atoms with van der Waals surface area (Å²) in [6.07, 6.45) is 2.46. The number of benzene rings is 1. The van der Waals surface area contributed by atoms with Crippen LogP contribution in [0.2, 0.25) is 0 Å². The molecular formula is C17H18N4O2S. The van der Waals surface area contributed by atoms with E-state index in [9.17, 15) is 10.1 Å². The molecule has 0 atom stereocenters. The minimum absolute atomic E-state index is 0.167. The van der Waals surface area contributed by atoms with Crippen LogP contribution < -0.4 is 0 Å². The van der Waals surface area contributed by atoms with Gasteiger partial charge in [-0.25, -0.2) is 4.98 Å². The van der Waals surface area contributed by atoms with Crippen LogP contribution in [-0.4, -0.2) is 21.3 Å². The van der Waals surface area contributed by atoms with Crippen LogP contribution in [0.1, 0.15) is 47.2 Å². The highest BCUT2D eigenvalue weighted by Crippen LogP contribution is 2.25. The lowest BCUT2D eigenvalue weighted by molar-refractivity contribution is -0.385. The third kappa shape index (κ3) is 3.41. The quantitative estimate of drug-likeness (QED) is 0.616. The Hall–Kier alpha value is -2.41. The maximum Gasteiger partial charge on any atom is 0.272 e. The van der Waals surface area contributed by atoms with Crippen molar-refractivity contribution in [2.45, 2.75) is 40.0 Å². The van der Waals surface area contributed by atoms with E-state index in [1.165, 1.54) is 0 Å². The lowest BCUT2D eigenvalue weighted by atomic mass is 10.0. The van der Waals surface area contributed by atoms with Gasteiger partial charge in [0.2, 0.25) is 0 Å². The summed E-state index contributed by atoms with van der Waals surface area (Å²) in [6.45, 7) is 5.65. The monoisotopic (exact) mass is 342 g/mol. The number of aromatic nitrogens is 1. The van der Waals surface area contributed by atoms with Crippen molar-refractivity contribution in [2.24, 2.45) is 10.2 Å². The molecule has 1 aromatic carbocycles. The predicted octanol–water partition coefficient (Wildman–Crippen LogP) is 4.22. The summed E-state index contributed by atoms with van der Waals surface area (Å²) in [4.78, 5) is 15.3. The smallest absolute Gasteiger partial charge is 0.258 e. The second-order valence-electron chi connectivity index (χ2n) is 6.01. The Morgan fingerprint density at radius 1 is 1.17 bits per heavy atom. The predicted molar refractivity (Wildman–Crippen MR) is 96.4 cm³/mol. The minimum atomic E-state index is -0.336. The van der Waals surface area contributed by atoms with Crippen molar-refractivity contribution in [3.63, 3.8) is 0 Å². The highest BCUT2D eigenvalue weighted by atomic mass is 32.1. The van der Waals surface area contributed by atoms with Gasteiger partial charge in [-0.2, -0.15) is 10.2 Å². The van der Waals surface area contributed by atoms with Gasteiger partial charge in [0, 0.05) is 29.1 Å². The molecule has 0 saturated carbocycles. The van der Waals surface area contributed by atoms with E-state index in [-0.39, 0.29) is 10.6 Å². The molecule has 0 fully saturated rings. The van der Waals surface area contributed by atoms with Crippen LogP contribution >= 0.6 is 11.3 Å². The molecule has 0 unspecified atom stereocenters. The largest absolute Gasteiger partial charge is 0.272 e. The van der Waals surface area contributed by atoms with Crippen LogP contribution in [0.15, 0.2) is 27.7 Å². The van der Waals surface area contributed by atoms with Crippen molar-refractivity contribution in [1.29, 1.82) is 0 Å². The normalized spacial score (nSPS) is 14.3. The number of thiazole rings is 1. The zero-order valence-corrected chi connectivity index (χ0v) is 14.7. The summed E-state index contributed by atoms with van der Waals surface area (Å²) in [5.74, 6) is 0. The first-order chi connectivity index (χ1) is 11.4. The van der Waals surface area contributed by atoms with E-state index in [0.717, 1.165) is 46.1 Å². The molecule has 2 heterocycles. The fourth-order valence-electron chi connectivity index (χ4n) is 2.66. The third-order valence-electron chi connectivity index (χ3n) is 4.11. The number of rotatable bonds is 4. The van der Waals surface area contributed by atoms with Crippen molar-refractivity contribution >= 4 is 28.4 Å². The molecule has 3 rings (SSSR count). The molecule has 6 nitrogen and oxygen atoms in total. The van der Waals surface area contributed by atoms with Crippen molar-refractivity contribution in [3.8, 4) is 0 Å². The van der Waals surface area contributed by atoms with Crippen molar-refractivity contribution in [1.82, 2.24) is 4.98 Å². The Kier molecular flexibility index (Phi) is 4.53. The van der Waals surface area contributed by atoms with Gasteiger partial charge in [-0.3, -0.25) is 10.1 Å². The van der Waals surface area contributed by atoms with Crippen LogP contribution in [-0.2, 0) is 6.42 Å². The fraction of sp³-hybridized carbons (Fsp3) is 0.353. The molecule has 0 spiro atoms. The molecule has 0 bridgehead atoms. The van der Waals surface area contributed by atoms with Crippen LogP contribution in [0.3, 0.4) is 0 Å². The standard InChI is InChI=1S/C17H18N4O2S/c1-10-7-16(21(22)23)11(2)6-13(10)8-17-18-15(9-24-17)14-5-4-12(3)19-20-14/h6-7,9H,4-5,8H2,1-3H3. The summed E-state index contributed by atoms with van der Waals surface area (Å²) in [5.41, 5.74) is 5.70. The number of hydrogen-bond acceptors (Lipinski definition) is 6. The Balaban J connectivity index is 1.83. The van der Waals surface area contributed by atoms with Crippen LogP contribution in [0.4, 0.5) is 5.69 Å². The molecule has 124 valence electrons. The number of nitro groups is 1. The molecule has 1 aliphatic rings. The first-order valence-corrected chi connectivity index (χ1v) is 8.61. The maximum atomic E-state index is 11.0. The number of nitro benzene ring substituents is 1. The van der Waals surface area contributed by atoms with Gasteiger partial charge in [0.1, 0.15) is 0 Å². The highest BCUT2D eigenvalue weighted by molar-refractivity contribution is 7.09. The Morgan fingerprint density at radius 3 is 2.62 bits per heavy atom. The van der Waals surface area contributed by atoms with Gasteiger partial charge in [-0.05, 0) is 50.8 Å². The zero-order valence-electron chi connectivity index (χ0n) is 13.9. The minimum Gasteiger partial charge on any atom is -0.258 e. The van der Waals surface area contributed by atoms with Gasteiger partial charge < -0.3 is 0 Å². The van der Waals surface area contributed by atoms with Crippen LogP contribution in [0, 0.1) is 24.0 Å². The molecule has 0 amide bonds. The summed E-state index contributed by atoms with van der Waals surface area (Å²) >= 11 is 1.59. The Morgan fingerprint density at radius 2 is 1.96 bits per heavy atom. The first kappa shape index (κ1) is 16.4. The molecule has 24 heavy (non-hydrogen) atoms. The highest BCUT2D eigenvalue weighted by Gasteiger charge is 2.16. The summed E-state index contributed by atoms with van der Waals surface area (Å²) in [6, 6.07) is 3.53. The first-order valence-electron chi connectivity index (χ1n) is 7.73. The van der Waals surface area contributed by atoms with Crippen LogP contribution in [0.25, 0.3) is 0 Å². The van der Waals surface area contributed by atoms with Gasteiger partial charge >= 0.3 is 0 Å². The molecular weight excluding hydrogens is 324 g/mol. The van der Waals surface area contributed by atoms with Crippen molar-refractivity contribution < 1.29 is 4.92 Å². The molecule has 0 N–H and O–H groups in total. The Bertz CT molecular complexity index is 867. The zero-order chi connectivity index (χ0) is 17.3. The molecule has 2 aromatic rings. The number of nitrogens with zero attached hydrogens (tertiary/aromatic N) is 4. The lowest BCUT2D eigenvalue weighted by Gasteiger charge is -2.07. The molecule has 0 saturated heterocycles. The van der Waals surface area contributed by atoms with E-state index >= 15 is 0 Å². The second-order valence-corrected chi connectivity index (χ2v) is 6.95. The molecule has 0 aliphatic carbocycles. The van der Waals surface area contributed by atoms with Gasteiger partial charge in [-0.15, -0.1) is 11.3 Å². The summed E-state index contributed by atoms with van der Waals surface area (Å²) in [7, 11) is 0. The second kappa shape index (κ2) is 6.60. The van der Waals surface area contributed by atoms with E-state index in [4.69, 9.17) is 0 Å². The lowest BCUT2D eigenvalue weighted by Crippen LogP contribution is -2.08. The van der Waals surface area contributed by atoms with Crippen molar-refractivity contribution in [2.75, 3.05) is 0 Å². The van der Waals surface area contributed by atoms with E-state index in [2.05, 4.69) is 15.2 Å². The van der Waals surface area contributed by atoms with Gasteiger partial charge in [0.15, 0.2) is 0 Å². The maximum absolute atomic E-state index is 11.0.